The van der Waals surface area contributed by atoms with Crippen molar-refractivity contribution in [3.8, 4) is 0 Å². The van der Waals surface area contributed by atoms with Gasteiger partial charge in [-0.3, -0.25) is 0 Å². The summed E-state index contributed by atoms with van der Waals surface area (Å²) in [7, 11) is 1.26. The molecule has 0 saturated carbocycles. The van der Waals surface area contributed by atoms with Crippen LogP contribution in [0.15, 0.2) is 12.3 Å². The molecule has 3 nitrogen and oxygen atoms in total. The zero-order valence-corrected chi connectivity index (χ0v) is 6.68. The van der Waals surface area contributed by atoms with Crippen LogP contribution in [0.2, 0.25) is 0 Å². The molecule has 0 aliphatic rings. The lowest BCUT2D eigenvalue weighted by Crippen LogP contribution is -1.99. The highest BCUT2D eigenvalue weighted by atomic mass is 16.5. The predicted octanol–water partition coefficient (Wildman–Crippen LogP) is 1.65. The van der Waals surface area contributed by atoms with Crippen LogP contribution in [-0.2, 0) is 9.53 Å². The summed E-state index contributed by atoms with van der Waals surface area (Å²) in [5.41, 5.74) is 0. The predicted molar refractivity (Wildman–Crippen MR) is 39.7 cm³/mol. The van der Waals surface area contributed by atoms with Gasteiger partial charge in [-0.1, -0.05) is 20.3 Å². The van der Waals surface area contributed by atoms with Gasteiger partial charge in [-0.05, 0) is 6.58 Å². The second-order valence-corrected chi connectivity index (χ2v) is 1.64. The molecule has 0 spiro atoms. The molecule has 1 N–H and O–H groups in total. The smallest absolute Gasteiger partial charge is 0.370 e. The molecule has 0 saturated heterocycles. The minimum atomic E-state index is -1.12. The summed E-state index contributed by atoms with van der Waals surface area (Å²) in [6, 6.07) is 0. The van der Waals surface area contributed by atoms with Gasteiger partial charge in [-0.15, -0.1) is 0 Å². The third kappa shape index (κ3) is 10.1. The Kier molecular flexibility index (Phi) is 9.42. The molecule has 0 aromatic rings. The lowest BCUT2D eigenvalue weighted by Gasteiger charge is -1.92. The Morgan fingerprint density at radius 3 is 1.90 bits per heavy atom. The lowest BCUT2D eigenvalue weighted by atomic mass is 10.6. The van der Waals surface area contributed by atoms with Gasteiger partial charge in [0.1, 0.15) is 0 Å². The van der Waals surface area contributed by atoms with Gasteiger partial charge in [0.05, 0.1) is 7.11 Å². The molecule has 3 heteroatoms. The molecule has 0 aromatic carbocycles. The average Bonchev–Trinajstić information content (AvgIpc) is 1.88. The fourth-order valence-electron chi connectivity index (χ4n) is 0.0873. The molecule has 0 rings (SSSR count). The van der Waals surface area contributed by atoms with Crippen LogP contribution in [-0.4, -0.2) is 18.2 Å². The van der Waals surface area contributed by atoms with Crippen LogP contribution in [0.5, 0.6) is 0 Å². The van der Waals surface area contributed by atoms with Crippen molar-refractivity contribution >= 4 is 5.97 Å². The molecule has 0 aromatic heterocycles. The van der Waals surface area contributed by atoms with Crippen LogP contribution in [0, 0.1) is 0 Å². The fourth-order valence-corrected chi connectivity index (χ4v) is 0.0873. The first-order valence-corrected chi connectivity index (χ1v) is 3.06. The molecular weight excluding hydrogens is 132 g/mol. The van der Waals surface area contributed by atoms with Crippen molar-refractivity contribution in [3.05, 3.63) is 12.3 Å². The summed E-state index contributed by atoms with van der Waals surface area (Å²) in [6.07, 6.45) is 1.25. The molecule has 0 amide bonds. The quantitative estimate of drug-likeness (QED) is 0.476. The molecular formula is C7H14O3. The summed E-state index contributed by atoms with van der Waals surface area (Å²) < 4.78 is 4.22. The highest BCUT2D eigenvalue weighted by Gasteiger charge is 1.98. The third-order valence-electron chi connectivity index (χ3n) is 0.485. The number of aliphatic carboxylic acids is 1. The molecule has 0 heterocycles. The first-order chi connectivity index (χ1) is 4.59. The van der Waals surface area contributed by atoms with E-state index in [-0.39, 0.29) is 5.76 Å². The first kappa shape index (κ1) is 11.8. The molecule has 0 aliphatic carbocycles. The van der Waals surface area contributed by atoms with Crippen molar-refractivity contribution in [2.45, 2.75) is 20.3 Å². The minimum absolute atomic E-state index is 0.236. The zero-order valence-electron chi connectivity index (χ0n) is 6.68. The number of methoxy groups -OCH3 is 1. The van der Waals surface area contributed by atoms with Crippen molar-refractivity contribution in [1.29, 1.82) is 0 Å². The standard InChI is InChI=1S/C4H6O3.C3H8/c1-3(7-2)4(5)6;1-3-2/h1H2,2H3,(H,5,6);3H2,1-2H3. The van der Waals surface area contributed by atoms with Crippen LogP contribution in [0.1, 0.15) is 20.3 Å². The van der Waals surface area contributed by atoms with Crippen molar-refractivity contribution in [2.24, 2.45) is 0 Å². The number of hydrogen-bond acceptors (Lipinski definition) is 2. The SMILES string of the molecule is C=C(OC)C(=O)O.CCC. The minimum Gasteiger partial charge on any atom is -0.490 e. The topological polar surface area (TPSA) is 46.5 Å². The zero-order chi connectivity index (χ0) is 8.57. The molecule has 0 radical (unpaired) electrons. The number of rotatable bonds is 2. The van der Waals surface area contributed by atoms with Crippen LogP contribution >= 0.6 is 0 Å². The average molecular weight is 146 g/mol. The van der Waals surface area contributed by atoms with E-state index in [1.54, 1.807) is 0 Å². The largest absolute Gasteiger partial charge is 0.490 e. The molecule has 0 atom stereocenters. The van der Waals surface area contributed by atoms with E-state index in [4.69, 9.17) is 5.11 Å². The van der Waals surface area contributed by atoms with E-state index in [9.17, 15) is 4.79 Å². The van der Waals surface area contributed by atoms with Crippen molar-refractivity contribution in [2.75, 3.05) is 7.11 Å². The number of hydrogen-bond donors (Lipinski definition) is 1. The van der Waals surface area contributed by atoms with E-state index >= 15 is 0 Å². The Bertz CT molecular complexity index is 107. The van der Waals surface area contributed by atoms with Crippen LogP contribution in [0.3, 0.4) is 0 Å². The summed E-state index contributed by atoms with van der Waals surface area (Å²) in [6.45, 7) is 7.30. The molecule has 0 bridgehead atoms. The molecule has 0 aliphatic heterocycles. The number of carboxylic acids is 1. The van der Waals surface area contributed by atoms with E-state index in [1.165, 1.54) is 13.5 Å². The third-order valence-corrected chi connectivity index (χ3v) is 0.485. The maximum Gasteiger partial charge on any atom is 0.370 e. The van der Waals surface area contributed by atoms with Gasteiger partial charge in [-0.2, -0.15) is 0 Å². The Morgan fingerprint density at radius 2 is 1.90 bits per heavy atom. The van der Waals surface area contributed by atoms with E-state index < -0.39 is 5.97 Å². The van der Waals surface area contributed by atoms with Gasteiger partial charge < -0.3 is 9.84 Å². The van der Waals surface area contributed by atoms with Crippen LogP contribution in [0.25, 0.3) is 0 Å². The number of ether oxygens (including phenoxy) is 1. The summed E-state index contributed by atoms with van der Waals surface area (Å²) >= 11 is 0. The maximum absolute atomic E-state index is 9.71. The molecule has 60 valence electrons. The van der Waals surface area contributed by atoms with Crippen molar-refractivity contribution in [3.63, 3.8) is 0 Å². The molecule has 0 unspecified atom stereocenters. The number of carboxylic acid groups (broad SMARTS) is 1. The summed E-state index contributed by atoms with van der Waals surface area (Å²) in [4.78, 5) is 9.71. The van der Waals surface area contributed by atoms with Gasteiger partial charge in [0.25, 0.3) is 0 Å². The van der Waals surface area contributed by atoms with Crippen LogP contribution in [0.4, 0.5) is 0 Å². The second kappa shape index (κ2) is 8.01. The summed E-state index contributed by atoms with van der Waals surface area (Å²) in [5.74, 6) is -1.36. The highest BCUT2D eigenvalue weighted by Crippen LogP contribution is 1.86. The monoisotopic (exact) mass is 146 g/mol. The van der Waals surface area contributed by atoms with E-state index in [0.29, 0.717) is 0 Å². The summed E-state index contributed by atoms with van der Waals surface area (Å²) in [5, 5.41) is 7.96. The number of carbonyl (C=O) groups is 1. The fraction of sp³-hybridized carbons (Fsp3) is 0.571. The molecule has 10 heavy (non-hydrogen) atoms. The molecule has 0 fully saturated rings. The van der Waals surface area contributed by atoms with Crippen molar-refractivity contribution in [1.82, 2.24) is 0 Å². The van der Waals surface area contributed by atoms with E-state index in [0.717, 1.165) is 0 Å². The van der Waals surface area contributed by atoms with E-state index in [1.807, 2.05) is 0 Å². The highest BCUT2D eigenvalue weighted by molar-refractivity contribution is 5.83. The van der Waals surface area contributed by atoms with Gasteiger partial charge in [0.2, 0.25) is 0 Å². The Hall–Kier alpha value is -0.990. The van der Waals surface area contributed by atoms with Gasteiger partial charge in [0, 0.05) is 0 Å². The van der Waals surface area contributed by atoms with Gasteiger partial charge in [0.15, 0.2) is 5.76 Å². The first-order valence-electron chi connectivity index (χ1n) is 3.06. The van der Waals surface area contributed by atoms with E-state index in [2.05, 4.69) is 25.2 Å². The Balaban J connectivity index is 0. The normalized spacial score (nSPS) is 7.10. The van der Waals surface area contributed by atoms with Crippen molar-refractivity contribution < 1.29 is 14.6 Å². The maximum atomic E-state index is 9.71. The Labute approximate surface area is 61.3 Å². The van der Waals surface area contributed by atoms with Gasteiger partial charge >= 0.3 is 5.97 Å². The second-order valence-electron chi connectivity index (χ2n) is 1.64. The van der Waals surface area contributed by atoms with Gasteiger partial charge in [-0.25, -0.2) is 4.79 Å². The Morgan fingerprint density at radius 1 is 1.60 bits per heavy atom. The van der Waals surface area contributed by atoms with Crippen LogP contribution < -0.4 is 0 Å². The lowest BCUT2D eigenvalue weighted by molar-refractivity contribution is -0.136.